The molecule has 2 rings (SSSR count). The van der Waals surface area contributed by atoms with Crippen LogP contribution in [0.1, 0.15) is 43.5 Å². The summed E-state index contributed by atoms with van der Waals surface area (Å²) in [6.45, 7) is 6.45. The number of benzene rings is 1. The summed E-state index contributed by atoms with van der Waals surface area (Å²) >= 11 is 0. The highest BCUT2D eigenvalue weighted by atomic mass is 16.2. The van der Waals surface area contributed by atoms with Crippen LogP contribution in [0, 0.1) is 5.92 Å². The van der Waals surface area contributed by atoms with Crippen molar-refractivity contribution in [3.8, 4) is 0 Å². The lowest BCUT2D eigenvalue weighted by molar-refractivity contribution is -0.125. The maximum Gasteiger partial charge on any atom is 0.222 e. The Morgan fingerprint density at radius 1 is 1.27 bits per heavy atom. The van der Waals surface area contributed by atoms with Gasteiger partial charge in [0, 0.05) is 37.0 Å². The second-order valence-corrected chi connectivity index (χ2v) is 6.34. The smallest absolute Gasteiger partial charge is 0.222 e. The average molecular weight is 302 g/mol. The minimum atomic E-state index is 0.0232. The molecule has 1 aromatic carbocycles. The number of hydrogen-bond donors (Lipinski definition) is 1. The first-order chi connectivity index (χ1) is 10.6. The first-order valence-electron chi connectivity index (χ1n) is 8.17. The Morgan fingerprint density at radius 2 is 2.00 bits per heavy atom. The molecule has 1 heterocycles. The van der Waals surface area contributed by atoms with E-state index in [-0.39, 0.29) is 23.7 Å². The molecule has 0 saturated carbocycles. The van der Waals surface area contributed by atoms with Gasteiger partial charge in [-0.15, -0.1) is 0 Å². The van der Waals surface area contributed by atoms with Gasteiger partial charge in [0.1, 0.15) is 0 Å². The van der Waals surface area contributed by atoms with Crippen LogP contribution in [0.25, 0.3) is 0 Å². The third-order valence-corrected chi connectivity index (χ3v) is 4.13. The van der Waals surface area contributed by atoms with E-state index in [0.717, 1.165) is 38.0 Å². The summed E-state index contributed by atoms with van der Waals surface area (Å²) in [5.41, 5.74) is 0.782. The number of nitrogens with one attached hydrogen (secondary N) is 1. The second kappa shape index (κ2) is 8.08. The van der Waals surface area contributed by atoms with Crippen LogP contribution in [0.3, 0.4) is 0 Å². The second-order valence-electron chi connectivity index (χ2n) is 6.34. The van der Waals surface area contributed by atoms with Gasteiger partial charge in [-0.1, -0.05) is 44.2 Å². The average Bonchev–Trinajstić information content (AvgIpc) is 2.53. The number of piperidine rings is 1. The van der Waals surface area contributed by atoms with Gasteiger partial charge in [-0.2, -0.15) is 0 Å². The maximum atomic E-state index is 12.1. The zero-order valence-corrected chi connectivity index (χ0v) is 13.5. The van der Waals surface area contributed by atoms with Crippen LogP contribution < -0.4 is 5.32 Å². The van der Waals surface area contributed by atoms with E-state index in [1.807, 2.05) is 44.2 Å². The molecular formula is C18H26N2O2. The van der Waals surface area contributed by atoms with Gasteiger partial charge in [-0.05, 0) is 19.4 Å². The number of hydrogen-bond acceptors (Lipinski definition) is 3. The Morgan fingerprint density at radius 3 is 2.68 bits per heavy atom. The van der Waals surface area contributed by atoms with Gasteiger partial charge >= 0.3 is 0 Å². The van der Waals surface area contributed by atoms with Gasteiger partial charge in [0.25, 0.3) is 0 Å². The van der Waals surface area contributed by atoms with Gasteiger partial charge in [0.05, 0.1) is 0 Å². The van der Waals surface area contributed by atoms with Crippen molar-refractivity contribution in [1.82, 2.24) is 10.2 Å². The van der Waals surface area contributed by atoms with Gasteiger partial charge in [0.15, 0.2) is 5.78 Å². The zero-order valence-electron chi connectivity index (χ0n) is 13.5. The minimum absolute atomic E-state index is 0.0232. The van der Waals surface area contributed by atoms with Crippen LogP contribution in [0.5, 0.6) is 0 Å². The van der Waals surface area contributed by atoms with E-state index in [4.69, 9.17) is 0 Å². The topological polar surface area (TPSA) is 49.4 Å². The molecule has 1 fully saturated rings. The van der Waals surface area contributed by atoms with E-state index in [1.54, 1.807) is 0 Å². The number of Topliss-reactive ketones (excluding diaryl/α,β-unsaturated/α-hetero) is 1. The molecule has 0 aliphatic carbocycles. The van der Waals surface area contributed by atoms with Crippen LogP contribution in [0.2, 0.25) is 0 Å². The molecule has 0 bridgehead atoms. The number of amides is 1. The Balaban J connectivity index is 1.78. The van der Waals surface area contributed by atoms with Gasteiger partial charge < -0.3 is 10.2 Å². The normalized spacial score (nSPS) is 19.1. The molecule has 1 aliphatic rings. The largest absolute Gasteiger partial charge is 0.352 e. The standard InChI is InChI=1S/C18H26N2O2/c1-14(2)18(22)19-16-9-6-11-20(13-16)12-10-17(21)15-7-4-3-5-8-15/h3-5,7-8,14,16H,6,9-13H2,1-2H3,(H,19,22). The Bertz CT molecular complexity index is 499. The Kier molecular flexibility index (Phi) is 6.13. The lowest BCUT2D eigenvalue weighted by Gasteiger charge is -2.33. The summed E-state index contributed by atoms with van der Waals surface area (Å²) in [4.78, 5) is 26.2. The summed E-state index contributed by atoms with van der Waals surface area (Å²) in [5, 5.41) is 3.10. The number of rotatable bonds is 6. The van der Waals surface area contributed by atoms with Crippen LogP contribution in [-0.2, 0) is 4.79 Å². The molecule has 1 aliphatic heterocycles. The molecule has 4 nitrogen and oxygen atoms in total. The van der Waals surface area contributed by atoms with E-state index >= 15 is 0 Å². The third-order valence-electron chi connectivity index (χ3n) is 4.13. The summed E-state index contributed by atoms with van der Waals surface area (Å²) in [6.07, 6.45) is 2.64. The Hall–Kier alpha value is -1.68. The Labute approximate surface area is 132 Å². The fraction of sp³-hybridized carbons (Fsp3) is 0.556. The number of likely N-dealkylation sites (tertiary alicyclic amines) is 1. The monoisotopic (exact) mass is 302 g/mol. The molecule has 22 heavy (non-hydrogen) atoms. The van der Waals surface area contributed by atoms with Gasteiger partial charge in [-0.25, -0.2) is 0 Å². The van der Waals surface area contributed by atoms with Crippen molar-refractivity contribution in [2.24, 2.45) is 5.92 Å². The van der Waals surface area contributed by atoms with Crippen molar-refractivity contribution in [2.45, 2.75) is 39.2 Å². The van der Waals surface area contributed by atoms with Crippen molar-refractivity contribution < 1.29 is 9.59 Å². The SMILES string of the molecule is CC(C)C(=O)NC1CCCN(CCC(=O)c2ccccc2)C1. The number of carbonyl (C=O) groups is 2. The quantitative estimate of drug-likeness (QED) is 0.821. The summed E-state index contributed by atoms with van der Waals surface area (Å²) in [7, 11) is 0. The van der Waals surface area contributed by atoms with Crippen LogP contribution in [-0.4, -0.2) is 42.3 Å². The first kappa shape index (κ1) is 16.7. The molecule has 0 aromatic heterocycles. The molecule has 1 atom stereocenters. The van der Waals surface area contributed by atoms with E-state index in [2.05, 4.69) is 10.2 Å². The van der Waals surface area contributed by atoms with E-state index in [1.165, 1.54) is 0 Å². The van der Waals surface area contributed by atoms with Crippen molar-refractivity contribution >= 4 is 11.7 Å². The first-order valence-corrected chi connectivity index (χ1v) is 8.17. The predicted octanol–water partition coefficient (Wildman–Crippen LogP) is 2.50. The number of nitrogens with zero attached hydrogens (tertiary/aromatic N) is 1. The lowest BCUT2D eigenvalue weighted by atomic mass is 10.0. The van der Waals surface area contributed by atoms with Crippen LogP contribution in [0.15, 0.2) is 30.3 Å². The molecular weight excluding hydrogens is 276 g/mol. The van der Waals surface area contributed by atoms with E-state index in [0.29, 0.717) is 6.42 Å². The molecule has 1 amide bonds. The number of carbonyl (C=O) groups excluding carboxylic acids is 2. The molecule has 1 saturated heterocycles. The zero-order chi connectivity index (χ0) is 15.9. The molecule has 0 radical (unpaired) electrons. The highest BCUT2D eigenvalue weighted by molar-refractivity contribution is 5.96. The highest BCUT2D eigenvalue weighted by Gasteiger charge is 2.22. The molecule has 1 N–H and O–H groups in total. The summed E-state index contributed by atoms with van der Waals surface area (Å²) in [6, 6.07) is 9.66. The lowest BCUT2D eigenvalue weighted by Crippen LogP contribution is -2.49. The van der Waals surface area contributed by atoms with Crippen LogP contribution >= 0.6 is 0 Å². The predicted molar refractivity (Wildman–Crippen MR) is 87.8 cm³/mol. The molecule has 1 unspecified atom stereocenters. The van der Waals surface area contributed by atoms with Crippen molar-refractivity contribution in [3.05, 3.63) is 35.9 Å². The molecule has 1 aromatic rings. The molecule has 120 valence electrons. The van der Waals surface area contributed by atoms with Gasteiger partial charge in [0.2, 0.25) is 5.91 Å². The fourth-order valence-electron chi connectivity index (χ4n) is 2.77. The van der Waals surface area contributed by atoms with Gasteiger partial charge in [-0.3, -0.25) is 9.59 Å². The van der Waals surface area contributed by atoms with E-state index < -0.39 is 0 Å². The van der Waals surface area contributed by atoms with Crippen molar-refractivity contribution in [3.63, 3.8) is 0 Å². The molecule has 4 heteroatoms. The van der Waals surface area contributed by atoms with E-state index in [9.17, 15) is 9.59 Å². The summed E-state index contributed by atoms with van der Waals surface area (Å²) < 4.78 is 0. The van der Waals surface area contributed by atoms with Crippen molar-refractivity contribution in [2.75, 3.05) is 19.6 Å². The fourth-order valence-corrected chi connectivity index (χ4v) is 2.77. The maximum absolute atomic E-state index is 12.1. The summed E-state index contributed by atoms with van der Waals surface area (Å²) in [5.74, 6) is 0.330. The highest BCUT2D eigenvalue weighted by Crippen LogP contribution is 2.12. The number of ketones is 1. The third kappa shape index (κ3) is 4.95. The van der Waals surface area contributed by atoms with Crippen molar-refractivity contribution in [1.29, 1.82) is 0 Å². The molecule has 0 spiro atoms. The minimum Gasteiger partial charge on any atom is -0.352 e. The van der Waals surface area contributed by atoms with Crippen LogP contribution in [0.4, 0.5) is 0 Å².